The number of fused-ring (bicyclic) bond motifs is 1. The van der Waals surface area contributed by atoms with Gasteiger partial charge in [-0.2, -0.15) is 0 Å². The predicted octanol–water partition coefficient (Wildman–Crippen LogP) is 2.37. The molecule has 3 aromatic rings. The van der Waals surface area contributed by atoms with Crippen LogP contribution in [0.25, 0.3) is 5.65 Å². The monoisotopic (exact) mass is 382 g/mol. The van der Waals surface area contributed by atoms with Crippen molar-refractivity contribution in [3.05, 3.63) is 65.9 Å². The third kappa shape index (κ3) is 3.46. The maximum absolute atomic E-state index is 14.2. The van der Waals surface area contributed by atoms with Crippen molar-refractivity contribution in [1.82, 2.24) is 14.7 Å². The molecule has 7 nitrogen and oxygen atoms in total. The second-order valence-corrected chi connectivity index (χ2v) is 6.80. The van der Waals surface area contributed by atoms with E-state index in [9.17, 15) is 19.1 Å². The zero-order valence-corrected chi connectivity index (χ0v) is 14.9. The molecule has 8 heteroatoms. The number of aliphatic hydroxyl groups excluding tert-OH is 1. The average Bonchev–Trinajstić information content (AvgIpc) is 3.30. The average molecular weight is 382 g/mol. The molecule has 0 radical (unpaired) electrons. The number of carbonyl (C=O) groups is 2. The third-order valence-electron chi connectivity index (χ3n) is 4.92. The topological polar surface area (TPSA) is 95.7 Å². The molecule has 1 saturated carbocycles. The maximum atomic E-state index is 14.2. The van der Waals surface area contributed by atoms with Gasteiger partial charge in [-0.3, -0.25) is 14.0 Å². The Hall–Kier alpha value is -3.26. The Bertz CT molecular complexity index is 1050. The van der Waals surface area contributed by atoms with Crippen LogP contribution in [0.15, 0.2) is 48.8 Å². The van der Waals surface area contributed by atoms with Gasteiger partial charge in [0.15, 0.2) is 0 Å². The summed E-state index contributed by atoms with van der Waals surface area (Å²) in [5.41, 5.74) is 0.944. The summed E-state index contributed by atoms with van der Waals surface area (Å²) in [5.74, 6) is -1.61. The molecule has 0 saturated heterocycles. The van der Waals surface area contributed by atoms with Crippen molar-refractivity contribution in [3.63, 3.8) is 0 Å². The lowest BCUT2D eigenvalue weighted by Gasteiger charge is -2.17. The van der Waals surface area contributed by atoms with Crippen molar-refractivity contribution < 1.29 is 19.1 Å². The minimum atomic E-state index is -0.653. The van der Waals surface area contributed by atoms with Crippen LogP contribution in [0.3, 0.4) is 0 Å². The van der Waals surface area contributed by atoms with Gasteiger partial charge in [0, 0.05) is 11.8 Å². The summed E-state index contributed by atoms with van der Waals surface area (Å²) in [6.07, 6.45) is 4.71. The molecular weight excluding hydrogens is 363 g/mol. The lowest BCUT2D eigenvalue weighted by atomic mass is 10.1. The number of hydrogen-bond donors (Lipinski definition) is 3. The van der Waals surface area contributed by atoms with Crippen molar-refractivity contribution in [3.8, 4) is 0 Å². The molecule has 2 aromatic heterocycles. The van der Waals surface area contributed by atoms with E-state index in [1.807, 2.05) is 0 Å². The molecule has 1 aliphatic rings. The maximum Gasteiger partial charge on any atom is 0.274 e. The van der Waals surface area contributed by atoms with Gasteiger partial charge < -0.3 is 15.7 Å². The number of pyridine rings is 1. The molecule has 4 rings (SSSR count). The first-order valence-corrected chi connectivity index (χ1v) is 9.05. The van der Waals surface area contributed by atoms with Gasteiger partial charge in [-0.05, 0) is 49.6 Å². The molecule has 1 aliphatic carbocycles. The Morgan fingerprint density at radius 2 is 2.04 bits per heavy atom. The van der Waals surface area contributed by atoms with Crippen LogP contribution in [0, 0.1) is 5.82 Å². The minimum Gasteiger partial charge on any atom is -0.391 e. The predicted molar refractivity (Wildman–Crippen MR) is 101 cm³/mol. The van der Waals surface area contributed by atoms with E-state index in [2.05, 4.69) is 15.6 Å². The van der Waals surface area contributed by atoms with Crippen molar-refractivity contribution in [1.29, 1.82) is 0 Å². The molecule has 1 fully saturated rings. The Kier molecular flexibility index (Phi) is 4.79. The Morgan fingerprint density at radius 1 is 1.18 bits per heavy atom. The van der Waals surface area contributed by atoms with E-state index < -0.39 is 23.7 Å². The third-order valence-corrected chi connectivity index (χ3v) is 4.92. The van der Waals surface area contributed by atoms with Gasteiger partial charge >= 0.3 is 0 Å². The van der Waals surface area contributed by atoms with Crippen LogP contribution in [0.2, 0.25) is 0 Å². The first kappa shape index (κ1) is 18.1. The van der Waals surface area contributed by atoms with E-state index in [1.54, 1.807) is 28.8 Å². The number of aliphatic hydroxyl groups is 1. The van der Waals surface area contributed by atoms with Crippen LogP contribution in [0.1, 0.15) is 40.1 Å². The molecule has 144 valence electrons. The summed E-state index contributed by atoms with van der Waals surface area (Å²) in [6, 6.07) is 8.75. The van der Waals surface area contributed by atoms with Crippen molar-refractivity contribution in [2.24, 2.45) is 0 Å². The number of hydrogen-bond acceptors (Lipinski definition) is 4. The Labute approximate surface area is 160 Å². The van der Waals surface area contributed by atoms with Crippen LogP contribution in [-0.2, 0) is 0 Å². The van der Waals surface area contributed by atoms with Gasteiger partial charge in [0.05, 0.1) is 24.0 Å². The quantitative estimate of drug-likeness (QED) is 0.646. The number of anilines is 1. The van der Waals surface area contributed by atoms with Gasteiger partial charge in [0.25, 0.3) is 11.8 Å². The van der Waals surface area contributed by atoms with Gasteiger partial charge in [-0.15, -0.1) is 0 Å². The van der Waals surface area contributed by atoms with E-state index in [0.717, 1.165) is 12.5 Å². The van der Waals surface area contributed by atoms with Crippen molar-refractivity contribution >= 4 is 23.1 Å². The smallest absolute Gasteiger partial charge is 0.274 e. The fraction of sp³-hybridized carbons (Fsp3) is 0.250. The number of amides is 2. The first-order valence-electron chi connectivity index (χ1n) is 9.05. The summed E-state index contributed by atoms with van der Waals surface area (Å²) >= 11 is 0. The molecule has 2 heterocycles. The van der Waals surface area contributed by atoms with E-state index >= 15 is 0 Å². The second-order valence-electron chi connectivity index (χ2n) is 6.80. The van der Waals surface area contributed by atoms with E-state index in [4.69, 9.17) is 0 Å². The fourth-order valence-electron chi connectivity index (χ4n) is 3.41. The zero-order chi connectivity index (χ0) is 19.7. The molecule has 2 atom stereocenters. The highest BCUT2D eigenvalue weighted by molar-refractivity contribution is 6.04. The number of halogens is 1. The molecule has 0 spiro atoms. The Morgan fingerprint density at radius 3 is 2.82 bits per heavy atom. The summed E-state index contributed by atoms with van der Waals surface area (Å²) < 4.78 is 15.8. The molecular formula is C20H19FN4O3. The summed E-state index contributed by atoms with van der Waals surface area (Å²) in [4.78, 5) is 29.1. The van der Waals surface area contributed by atoms with Gasteiger partial charge in [0.2, 0.25) is 0 Å². The van der Waals surface area contributed by atoms with E-state index in [-0.39, 0.29) is 23.0 Å². The van der Waals surface area contributed by atoms with Crippen LogP contribution in [-0.4, -0.2) is 38.5 Å². The highest BCUT2D eigenvalue weighted by Crippen LogP contribution is 2.21. The lowest BCUT2D eigenvalue weighted by Crippen LogP contribution is -2.39. The number of imidazole rings is 1. The van der Waals surface area contributed by atoms with Crippen LogP contribution < -0.4 is 10.6 Å². The van der Waals surface area contributed by atoms with E-state index in [1.165, 1.54) is 18.3 Å². The molecule has 0 unspecified atom stereocenters. The highest BCUT2D eigenvalue weighted by Gasteiger charge is 2.27. The fourth-order valence-corrected chi connectivity index (χ4v) is 3.41. The number of aromatic nitrogens is 2. The summed E-state index contributed by atoms with van der Waals surface area (Å²) in [6.45, 7) is 0. The highest BCUT2D eigenvalue weighted by atomic mass is 19.1. The SMILES string of the molecule is O=C(N[C@@H]1CCC[C@H]1O)c1ccc(F)c(NC(=O)c2cnc3ccccn23)c1. The number of nitrogens with one attached hydrogen (secondary N) is 2. The van der Waals surface area contributed by atoms with Crippen LogP contribution in [0.5, 0.6) is 0 Å². The van der Waals surface area contributed by atoms with Gasteiger partial charge in [-0.25, -0.2) is 9.37 Å². The normalized spacial score (nSPS) is 18.9. The minimum absolute atomic E-state index is 0.101. The molecule has 2 amide bonds. The number of carbonyl (C=O) groups excluding carboxylic acids is 2. The van der Waals surface area contributed by atoms with Crippen molar-refractivity contribution in [2.75, 3.05) is 5.32 Å². The molecule has 0 aliphatic heterocycles. The Balaban J connectivity index is 1.54. The summed E-state index contributed by atoms with van der Waals surface area (Å²) in [7, 11) is 0. The standard InChI is InChI=1S/C20H19FN4O3/c21-13-8-7-12(19(27)23-14-4-3-5-17(14)26)10-15(13)24-20(28)16-11-22-18-6-1-2-9-25(16)18/h1-2,6-11,14,17,26H,3-5H2,(H,23,27)(H,24,28)/t14-,17-/m1/s1. The molecule has 1 aromatic carbocycles. The number of nitrogens with zero attached hydrogens (tertiary/aromatic N) is 2. The number of benzene rings is 1. The summed E-state index contributed by atoms with van der Waals surface area (Å²) in [5, 5.41) is 15.1. The lowest BCUT2D eigenvalue weighted by molar-refractivity contribution is 0.0872. The van der Waals surface area contributed by atoms with Gasteiger partial charge in [-0.1, -0.05) is 6.07 Å². The largest absolute Gasteiger partial charge is 0.391 e. The molecule has 3 N–H and O–H groups in total. The molecule has 0 bridgehead atoms. The second kappa shape index (κ2) is 7.40. The van der Waals surface area contributed by atoms with Gasteiger partial charge in [0.1, 0.15) is 17.2 Å². The first-order chi connectivity index (χ1) is 13.5. The zero-order valence-electron chi connectivity index (χ0n) is 14.9. The van der Waals surface area contributed by atoms with Crippen LogP contribution in [0.4, 0.5) is 10.1 Å². The molecule has 28 heavy (non-hydrogen) atoms. The van der Waals surface area contributed by atoms with Crippen molar-refractivity contribution in [2.45, 2.75) is 31.4 Å². The van der Waals surface area contributed by atoms with E-state index in [0.29, 0.717) is 18.5 Å². The number of rotatable bonds is 4. The van der Waals surface area contributed by atoms with Crippen LogP contribution >= 0.6 is 0 Å².